The topological polar surface area (TPSA) is 58.2 Å². The lowest BCUT2D eigenvalue weighted by Gasteiger charge is -2.16. The summed E-state index contributed by atoms with van der Waals surface area (Å²) in [5.74, 6) is 1.12. The number of aryl methyl sites for hydroxylation is 1. The Balaban J connectivity index is 1.44. The summed E-state index contributed by atoms with van der Waals surface area (Å²) in [6.07, 6.45) is 9.87. The molecular formula is C18H26N2O2S. The first-order valence-electron chi connectivity index (χ1n) is 8.82. The number of fused-ring (bicyclic) bond motifs is 1. The van der Waals surface area contributed by atoms with E-state index in [1.54, 1.807) is 11.3 Å². The summed E-state index contributed by atoms with van der Waals surface area (Å²) in [5.41, 5.74) is 6.44. The van der Waals surface area contributed by atoms with Gasteiger partial charge in [-0.1, -0.05) is 32.6 Å². The van der Waals surface area contributed by atoms with Gasteiger partial charge in [0.15, 0.2) is 0 Å². The average molecular weight is 334 g/mol. The van der Waals surface area contributed by atoms with Crippen LogP contribution >= 0.6 is 11.3 Å². The minimum Gasteiger partial charge on any atom is -0.273 e. The van der Waals surface area contributed by atoms with Crippen LogP contribution in [-0.4, -0.2) is 11.8 Å². The molecule has 5 heteroatoms. The first kappa shape index (κ1) is 16.5. The molecule has 0 bridgehead atoms. The number of hydrogen-bond acceptors (Lipinski definition) is 3. The Hall–Kier alpha value is -1.36. The molecular weight excluding hydrogens is 308 g/mol. The molecule has 2 aliphatic carbocycles. The number of rotatable bonds is 4. The number of amides is 2. The van der Waals surface area contributed by atoms with Gasteiger partial charge in [-0.15, -0.1) is 11.3 Å². The molecule has 0 saturated heterocycles. The maximum atomic E-state index is 12.2. The molecule has 1 atom stereocenters. The van der Waals surface area contributed by atoms with Crippen LogP contribution in [0.1, 0.15) is 72.0 Å². The third-order valence-electron chi connectivity index (χ3n) is 5.12. The number of carbonyl (C=O) groups excluding carboxylic acids is 2. The quantitative estimate of drug-likeness (QED) is 0.827. The van der Waals surface area contributed by atoms with Crippen molar-refractivity contribution in [2.24, 2.45) is 11.8 Å². The van der Waals surface area contributed by atoms with Crippen molar-refractivity contribution >= 4 is 23.2 Å². The molecule has 1 aromatic rings. The maximum absolute atomic E-state index is 12.2. The summed E-state index contributed by atoms with van der Waals surface area (Å²) in [7, 11) is 0. The number of hydrazine groups is 1. The highest BCUT2D eigenvalue weighted by atomic mass is 32.1. The second-order valence-corrected chi connectivity index (χ2v) is 8.24. The van der Waals surface area contributed by atoms with Gasteiger partial charge in [0.05, 0.1) is 4.88 Å². The normalized spacial score (nSPS) is 21.0. The van der Waals surface area contributed by atoms with E-state index in [9.17, 15) is 9.59 Å². The van der Waals surface area contributed by atoms with Gasteiger partial charge in [-0.3, -0.25) is 20.4 Å². The fraction of sp³-hybridized carbons (Fsp3) is 0.667. The van der Waals surface area contributed by atoms with E-state index < -0.39 is 0 Å². The van der Waals surface area contributed by atoms with Crippen molar-refractivity contribution in [3.8, 4) is 0 Å². The lowest BCUT2D eigenvalue weighted by Crippen LogP contribution is -2.41. The minimum atomic E-state index is -0.189. The summed E-state index contributed by atoms with van der Waals surface area (Å²) in [5, 5.41) is 0. The Morgan fingerprint density at radius 2 is 2.00 bits per heavy atom. The van der Waals surface area contributed by atoms with E-state index in [0.29, 0.717) is 23.1 Å². The smallest absolute Gasteiger partial charge is 0.273 e. The van der Waals surface area contributed by atoms with Crippen LogP contribution in [0.15, 0.2) is 6.07 Å². The van der Waals surface area contributed by atoms with E-state index in [0.717, 1.165) is 19.3 Å². The van der Waals surface area contributed by atoms with Crippen LogP contribution in [0, 0.1) is 11.8 Å². The fourth-order valence-electron chi connectivity index (χ4n) is 3.70. The zero-order valence-electron chi connectivity index (χ0n) is 13.8. The molecule has 1 aromatic heterocycles. The molecule has 1 heterocycles. The van der Waals surface area contributed by atoms with Gasteiger partial charge in [0.25, 0.3) is 5.91 Å². The van der Waals surface area contributed by atoms with Gasteiger partial charge in [0.2, 0.25) is 5.91 Å². The molecule has 126 valence electrons. The second kappa shape index (κ2) is 7.47. The van der Waals surface area contributed by atoms with Gasteiger partial charge in [-0.2, -0.15) is 0 Å². The number of thiophene rings is 1. The Kier molecular flexibility index (Phi) is 5.36. The summed E-state index contributed by atoms with van der Waals surface area (Å²) < 4.78 is 0. The lowest BCUT2D eigenvalue weighted by molar-refractivity contribution is -0.122. The Morgan fingerprint density at radius 3 is 2.78 bits per heavy atom. The highest BCUT2D eigenvalue weighted by molar-refractivity contribution is 7.14. The summed E-state index contributed by atoms with van der Waals surface area (Å²) >= 11 is 1.57. The number of hydrogen-bond donors (Lipinski definition) is 2. The molecule has 23 heavy (non-hydrogen) atoms. The van der Waals surface area contributed by atoms with Crippen molar-refractivity contribution in [1.29, 1.82) is 0 Å². The number of nitrogens with one attached hydrogen (secondary N) is 2. The van der Waals surface area contributed by atoms with E-state index in [4.69, 9.17) is 0 Å². The van der Waals surface area contributed by atoms with Crippen LogP contribution in [0.4, 0.5) is 0 Å². The first-order chi connectivity index (χ1) is 11.1. The van der Waals surface area contributed by atoms with E-state index in [1.165, 1.54) is 42.5 Å². The molecule has 2 N–H and O–H groups in total. The molecule has 0 spiro atoms. The molecule has 0 aromatic carbocycles. The SMILES string of the molecule is C[C@@H]1CCc2sc(C(=O)NNC(=O)CCC3CCCC3)cc2C1. The summed E-state index contributed by atoms with van der Waals surface area (Å²) in [6.45, 7) is 2.25. The standard InChI is InChI=1S/C18H26N2O2S/c1-12-6-8-15-14(10-12)11-16(23-15)18(22)20-19-17(21)9-7-13-4-2-3-5-13/h11-13H,2-10H2,1H3,(H,19,21)(H,20,22)/t12-/m1/s1. The van der Waals surface area contributed by atoms with Gasteiger partial charge in [-0.25, -0.2) is 0 Å². The average Bonchev–Trinajstić information content (AvgIpc) is 3.19. The summed E-state index contributed by atoms with van der Waals surface area (Å²) in [4.78, 5) is 26.1. The van der Waals surface area contributed by atoms with Gasteiger partial charge in [0.1, 0.15) is 0 Å². The third kappa shape index (κ3) is 4.34. The van der Waals surface area contributed by atoms with Gasteiger partial charge >= 0.3 is 0 Å². The maximum Gasteiger partial charge on any atom is 0.279 e. The van der Waals surface area contributed by atoms with Crippen LogP contribution in [0.25, 0.3) is 0 Å². The largest absolute Gasteiger partial charge is 0.279 e. The predicted molar refractivity (Wildman–Crippen MR) is 92.3 cm³/mol. The fourth-order valence-corrected chi connectivity index (χ4v) is 4.81. The molecule has 2 amide bonds. The second-order valence-electron chi connectivity index (χ2n) is 7.10. The van der Waals surface area contributed by atoms with Crippen molar-refractivity contribution in [2.75, 3.05) is 0 Å². The highest BCUT2D eigenvalue weighted by Crippen LogP contribution is 2.32. The van der Waals surface area contributed by atoms with Crippen molar-refractivity contribution < 1.29 is 9.59 Å². The van der Waals surface area contributed by atoms with Gasteiger partial charge in [-0.05, 0) is 49.1 Å². The molecule has 0 aliphatic heterocycles. The molecule has 3 rings (SSSR count). The zero-order valence-corrected chi connectivity index (χ0v) is 14.6. The van der Waals surface area contributed by atoms with Crippen molar-refractivity contribution in [3.63, 3.8) is 0 Å². The third-order valence-corrected chi connectivity index (χ3v) is 6.36. The van der Waals surface area contributed by atoms with E-state index >= 15 is 0 Å². The van der Waals surface area contributed by atoms with Crippen LogP contribution < -0.4 is 10.9 Å². The molecule has 4 nitrogen and oxygen atoms in total. The number of carbonyl (C=O) groups is 2. The highest BCUT2D eigenvalue weighted by Gasteiger charge is 2.21. The Labute approximate surface area is 142 Å². The Bertz CT molecular complexity index is 576. The van der Waals surface area contributed by atoms with Crippen molar-refractivity contribution in [2.45, 2.75) is 64.7 Å². The van der Waals surface area contributed by atoms with Crippen LogP contribution in [0.5, 0.6) is 0 Å². The van der Waals surface area contributed by atoms with Gasteiger partial charge in [0, 0.05) is 11.3 Å². The van der Waals surface area contributed by atoms with Crippen LogP contribution in [0.2, 0.25) is 0 Å². The summed E-state index contributed by atoms with van der Waals surface area (Å²) in [6, 6.07) is 2.00. The molecule has 1 fully saturated rings. The van der Waals surface area contributed by atoms with E-state index in [-0.39, 0.29) is 11.8 Å². The molecule has 2 aliphatic rings. The minimum absolute atomic E-state index is 0.0832. The van der Waals surface area contributed by atoms with Crippen LogP contribution in [-0.2, 0) is 17.6 Å². The van der Waals surface area contributed by atoms with Gasteiger partial charge < -0.3 is 0 Å². The first-order valence-corrected chi connectivity index (χ1v) is 9.64. The van der Waals surface area contributed by atoms with E-state index in [1.807, 2.05) is 6.07 Å². The predicted octanol–water partition coefficient (Wildman–Crippen LogP) is 3.60. The lowest BCUT2D eigenvalue weighted by atomic mass is 9.90. The van der Waals surface area contributed by atoms with E-state index in [2.05, 4.69) is 17.8 Å². The van der Waals surface area contributed by atoms with Crippen molar-refractivity contribution in [3.05, 3.63) is 21.4 Å². The molecule has 0 radical (unpaired) electrons. The molecule has 1 saturated carbocycles. The van der Waals surface area contributed by atoms with Crippen LogP contribution in [0.3, 0.4) is 0 Å². The monoisotopic (exact) mass is 334 g/mol. The molecule has 0 unspecified atom stereocenters. The Morgan fingerprint density at radius 1 is 1.22 bits per heavy atom. The zero-order chi connectivity index (χ0) is 16.2. The van der Waals surface area contributed by atoms with Crippen molar-refractivity contribution in [1.82, 2.24) is 10.9 Å².